The van der Waals surface area contributed by atoms with Gasteiger partial charge in [-0.15, -0.1) is 0 Å². The summed E-state index contributed by atoms with van der Waals surface area (Å²) in [6.07, 6.45) is 4.78. The van der Waals surface area contributed by atoms with Crippen molar-refractivity contribution in [1.82, 2.24) is 0 Å². The van der Waals surface area contributed by atoms with Gasteiger partial charge in [0.15, 0.2) is 0 Å². The highest BCUT2D eigenvalue weighted by Gasteiger charge is 1.72. The fourth-order valence-corrected chi connectivity index (χ4v) is 0.540. The van der Waals surface area contributed by atoms with E-state index < -0.39 is 0 Å². The van der Waals surface area contributed by atoms with Gasteiger partial charge in [0.2, 0.25) is 0 Å². The van der Waals surface area contributed by atoms with Crippen LogP contribution < -0.4 is 0 Å². The monoisotopic (exact) mass is 127 g/mol. The second kappa shape index (κ2) is 4.65. The van der Waals surface area contributed by atoms with Crippen LogP contribution in [0.4, 0.5) is 0 Å². The fraction of sp³-hybridized carbons (Fsp3) is 0.167. The van der Waals surface area contributed by atoms with Crippen molar-refractivity contribution in [2.45, 2.75) is 6.92 Å². The molecule has 0 rings (SSSR count). The lowest BCUT2D eigenvalue weighted by atomic mass is 10.3. The van der Waals surface area contributed by atoms with E-state index in [9.17, 15) is 0 Å². The number of allylic oxidation sites excluding steroid dienone is 3. The van der Waals surface area contributed by atoms with E-state index in [1.165, 1.54) is 6.21 Å². The quantitative estimate of drug-likeness (QED) is 0.322. The van der Waals surface area contributed by atoms with Gasteiger partial charge in [-0.2, -0.15) is 12.6 Å². The van der Waals surface area contributed by atoms with Gasteiger partial charge in [-0.25, -0.2) is 0 Å². The average molecular weight is 127 g/mol. The first-order chi connectivity index (χ1) is 3.81. The zero-order chi connectivity index (χ0) is 6.41. The van der Waals surface area contributed by atoms with Crippen LogP contribution in [0, 0.1) is 5.41 Å². The maximum absolute atomic E-state index is 6.65. The molecule has 1 N–H and O–H groups in total. The molecule has 0 aliphatic rings. The summed E-state index contributed by atoms with van der Waals surface area (Å²) in [4.78, 5) is 0. The smallest absolute Gasteiger partial charge is 0.0180 e. The maximum Gasteiger partial charge on any atom is 0.0180 e. The predicted molar refractivity (Wildman–Crippen MR) is 40.7 cm³/mol. The molecule has 0 saturated heterocycles. The Balaban J connectivity index is 3.79. The third-order valence-electron chi connectivity index (χ3n) is 0.684. The number of rotatable bonds is 2. The van der Waals surface area contributed by atoms with Gasteiger partial charge >= 0.3 is 0 Å². The van der Waals surface area contributed by atoms with E-state index >= 15 is 0 Å². The molecule has 0 aliphatic heterocycles. The van der Waals surface area contributed by atoms with Gasteiger partial charge in [-0.3, -0.25) is 0 Å². The minimum Gasteiger partial charge on any atom is -0.309 e. The summed E-state index contributed by atoms with van der Waals surface area (Å²) in [6, 6.07) is 0. The molecule has 0 amide bonds. The Labute approximate surface area is 55.0 Å². The van der Waals surface area contributed by atoms with E-state index in [0.29, 0.717) is 0 Å². The molecule has 8 heavy (non-hydrogen) atoms. The average Bonchev–Trinajstić information content (AvgIpc) is 1.68. The lowest BCUT2D eigenvalue weighted by molar-refractivity contribution is 1.52. The van der Waals surface area contributed by atoms with Crippen molar-refractivity contribution in [3.8, 4) is 0 Å². The Kier molecular flexibility index (Phi) is 4.36. The van der Waals surface area contributed by atoms with Crippen LogP contribution in [-0.4, -0.2) is 6.21 Å². The van der Waals surface area contributed by atoms with Crippen molar-refractivity contribution in [2.75, 3.05) is 0 Å². The molecule has 44 valence electrons. The largest absolute Gasteiger partial charge is 0.309 e. The van der Waals surface area contributed by atoms with E-state index in [1.807, 2.05) is 13.0 Å². The molecule has 0 unspecified atom stereocenters. The molecule has 0 aromatic heterocycles. The number of nitrogens with one attached hydrogen (secondary N) is 1. The minimum absolute atomic E-state index is 1.04. The van der Waals surface area contributed by atoms with Gasteiger partial charge in [0.25, 0.3) is 0 Å². The normalized spacial score (nSPS) is 12.5. The van der Waals surface area contributed by atoms with Crippen LogP contribution in [0.5, 0.6) is 0 Å². The second-order valence-electron chi connectivity index (χ2n) is 1.39. The first-order valence-corrected chi connectivity index (χ1v) is 2.81. The third kappa shape index (κ3) is 3.68. The van der Waals surface area contributed by atoms with Crippen LogP contribution in [0.3, 0.4) is 0 Å². The topological polar surface area (TPSA) is 23.9 Å². The molecule has 2 heteroatoms. The van der Waals surface area contributed by atoms with E-state index in [-0.39, 0.29) is 0 Å². The fourth-order valence-electron chi connectivity index (χ4n) is 0.305. The predicted octanol–water partition coefficient (Wildman–Crippen LogP) is 2.03. The lowest BCUT2D eigenvalue weighted by Crippen LogP contribution is -1.65. The second-order valence-corrected chi connectivity index (χ2v) is 1.69. The lowest BCUT2D eigenvalue weighted by Gasteiger charge is -1.81. The van der Waals surface area contributed by atoms with Crippen LogP contribution in [0.15, 0.2) is 23.1 Å². The molecule has 0 aromatic carbocycles. The molecule has 0 heterocycles. The molecule has 0 bridgehead atoms. The van der Waals surface area contributed by atoms with Gasteiger partial charge < -0.3 is 5.41 Å². The molecule has 0 aliphatic carbocycles. The van der Waals surface area contributed by atoms with Gasteiger partial charge in [-0.1, -0.05) is 6.08 Å². The van der Waals surface area contributed by atoms with Crippen LogP contribution in [0.2, 0.25) is 0 Å². The van der Waals surface area contributed by atoms with Gasteiger partial charge in [0.05, 0.1) is 0 Å². The highest BCUT2D eigenvalue weighted by atomic mass is 32.1. The standard InChI is InChI=1S/C6H9NS/c1-6(2-4-7)3-5-8/h2-5,7-8H,1H3/b5-3-,6-2-,7-4?. The SMILES string of the molecule is CC(/C=C\S)=C/C=N. The van der Waals surface area contributed by atoms with Crippen molar-refractivity contribution in [3.05, 3.63) is 23.1 Å². The zero-order valence-electron chi connectivity index (χ0n) is 4.76. The summed E-state index contributed by atoms with van der Waals surface area (Å²) < 4.78 is 0. The van der Waals surface area contributed by atoms with Gasteiger partial charge in [-0.05, 0) is 24.0 Å². The summed E-state index contributed by atoms with van der Waals surface area (Å²) >= 11 is 3.86. The molecule has 0 aromatic rings. The minimum atomic E-state index is 1.04. The molecular weight excluding hydrogens is 118 g/mol. The van der Waals surface area contributed by atoms with Crippen molar-refractivity contribution < 1.29 is 0 Å². The Hall–Kier alpha value is -0.500. The van der Waals surface area contributed by atoms with Crippen LogP contribution in [-0.2, 0) is 0 Å². The summed E-state index contributed by atoms with van der Waals surface area (Å²) in [7, 11) is 0. The number of thiol groups is 1. The highest BCUT2D eigenvalue weighted by molar-refractivity contribution is 7.83. The zero-order valence-corrected chi connectivity index (χ0v) is 5.65. The number of hydrogen-bond acceptors (Lipinski definition) is 2. The molecule has 0 radical (unpaired) electrons. The Morgan fingerprint density at radius 2 is 2.25 bits per heavy atom. The van der Waals surface area contributed by atoms with Crippen LogP contribution in [0.25, 0.3) is 0 Å². The molecule has 0 spiro atoms. The first-order valence-electron chi connectivity index (χ1n) is 2.29. The van der Waals surface area contributed by atoms with Crippen molar-refractivity contribution in [3.63, 3.8) is 0 Å². The van der Waals surface area contributed by atoms with Crippen LogP contribution in [0.1, 0.15) is 6.92 Å². The van der Waals surface area contributed by atoms with Crippen molar-refractivity contribution in [2.24, 2.45) is 0 Å². The summed E-state index contributed by atoms with van der Waals surface area (Å²) in [5.41, 5.74) is 1.04. The molecule has 0 saturated carbocycles. The Bertz CT molecular complexity index is 124. The Morgan fingerprint density at radius 3 is 2.62 bits per heavy atom. The molecular formula is C6H9NS. The summed E-state index contributed by atoms with van der Waals surface area (Å²) in [5, 5.41) is 8.30. The van der Waals surface area contributed by atoms with Crippen molar-refractivity contribution in [1.29, 1.82) is 5.41 Å². The van der Waals surface area contributed by atoms with E-state index in [1.54, 1.807) is 11.5 Å². The van der Waals surface area contributed by atoms with Gasteiger partial charge in [0, 0.05) is 6.21 Å². The summed E-state index contributed by atoms with van der Waals surface area (Å²) in [5.74, 6) is 0. The van der Waals surface area contributed by atoms with E-state index in [0.717, 1.165) is 5.57 Å². The van der Waals surface area contributed by atoms with E-state index in [4.69, 9.17) is 5.41 Å². The van der Waals surface area contributed by atoms with Crippen LogP contribution >= 0.6 is 12.6 Å². The third-order valence-corrected chi connectivity index (χ3v) is 0.833. The Morgan fingerprint density at radius 1 is 1.62 bits per heavy atom. The number of hydrogen-bond donors (Lipinski definition) is 2. The maximum atomic E-state index is 6.65. The van der Waals surface area contributed by atoms with Crippen molar-refractivity contribution >= 4 is 18.8 Å². The molecule has 0 atom stereocenters. The first kappa shape index (κ1) is 7.50. The summed E-state index contributed by atoms with van der Waals surface area (Å²) in [6.45, 7) is 1.91. The molecule has 0 fully saturated rings. The molecule has 1 nitrogen and oxygen atoms in total. The van der Waals surface area contributed by atoms with Gasteiger partial charge in [0.1, 0.15) is 0 Å². The highest BCUT2D eigenvalue weighted by Crippen LogP contribution is 1.92. The van der Waals surface area contributed by atoms with E-state index in [2.05, 4.69) is 12.6 Å².